The topological polar surface area (TPSA) is 92.5 Å². The summed E-state index contributed by atoms with van der Waals surface area (Å²) in [6.07, 6.45) is 1.05. The molecule has 0 aromatic heterocycles. The monoisotopic (exact) mass is 265 g/mol. The summed E-state index contributed by atoms with van der Waals surface area (Å²) < 4.78 is 24.0. The predicted octanol–water partition coefficient (Wildman–Crippen LogP) is -0.488. The van der Waals surface area contributed by atoms with Crippen LogP contribution in [0.3, 0.4) is 0 Å². The molecule has 0 saturated carbocycles. The van der Waals surface area contributed by atoms with Crippen molar-refractivity contribution in [2.75, 3.05) is 26.4 Å². The van der Waals surface area contributed by atoms with Crippen LogP contribution < -0.4 is 11.1 Å². The molecule has 0 aromatic carbocycles. The Kier molecular flexibility index (Phi) is 6.08. The summed E-state index contributed by atoms with van der Waals surface area (Å²) in [5.74, 6) is -0.411. The van der Waals surface area contributed by atoms with Gasteiger partial charge in [-0.1, -0.05) is 13.8 Å². The molecule has 0 radical (unpaired) electrons. The standard InChI is InChI=1S/C10H23N3O3S/c1-5-10(11,6-2)9(14)12-7-8-17(15,16)13(3)4/h5-8,11H2,1-4H3,(H,12,14). The van der Waals surface area contributed by atoms with E-state index >= 15 is 0 Å². The van der Waals surface area contributed by atoms with Crippen molar-refractivity contribution < 1.29 is 13.2 Å². The maximum atomic E-state index is 11.7. The van der Waals surface area contributed by atoms with Gasteiger partial charge in [-0.05, 0) is 12.8 Å². The predicted molar refractivity (Wildman–Crippen MR) is 68.0 cm³/mol. The van der Waals surface area contributed by atoms with E-state index in [4.69, 9.17) is 5.73 Å². The second-order valence-corrected chi connectivity index (χ2v) is 6.52. The second-order valence-electron chi connectivity index (χ2n) is 4.22. The van der Waals surface area contributed by atoms with Gasteiger partial charge in [-0.25, -0.2) is 12.7 Å². The normalized spacial score (nSPS) is 12.8. The van der Waals surface area contributed by atoms with Crippen LogP contribution in [-0.4, -0.2) is 50.6 Å². The molecule has 0 bridgehead atoms. The fraction of sp³-hybridized carbons (Fsp3) is 0.900. The number of hydrogen-bond donors (Lipinski definition) is 2. The van der Waals surface area contributed by atoms with Gasteiger partial charge >= 0.3 is 0 Å². The number of carbonyl (C=O) groups excluding carboxylic acids is 1. The minimum atomic E-state index is -3.28. The van der Waals surface area contributed by atoms with Gasteiger partial charge in [0.05, 0.1) is 11.3 Å². The van der Waals surface area contributed by atoms with E-state index in [1.54, 1.807) is 0 Å². The lowest BCUT2D eigenvalue weighted by Crippen LogP contribution is -2.54. The molecule has 0 fully saturated rings. The maximum Gasteiger partial charge on any atom is 0.240 e. The Morgan fingerprint density at radius 3 is 2.12 bits per heavy atom. The summed E-state index contributed by atoms with van der Waals surface area (Å²) in [6.45, 7) is 3.75. The third-order valence-electron chi connectivity index (χ3n) is 2.92. The van der Waals surface area contributed by atoms with Crippen molar-refractivity contribution in [3.8, 4) is 0 Å². The van der Waals surface area contributed by atoms with Crippen LogP contribution in [0.4, 0.5) is 0 Å². The first-order valence-corrected chi connectivity index (χ1v) is 7.28. The lowest BCUT2D eigenvalue weighted by Gasteiger charge is -2.25. The number of rotatable bonds is 7. The van der Waals surface area contributed by atoms with Gasteiger partial charge < -0.3 is 11.1 Å². The summed E-state index contributed by atoms with van der Waals surface area (Å²) >= 11 is 0. The zero-order valence-electron chi connectivity index (χ0n) is 11.0. The van der Waals surface area contributed by atoms with Gasteiger partial charge in [0.25, 0.3) is 0 Å². The van der Waals surface area contributed by atoms with Crippen LogP contribution in [-0.2, 0) is 14.8 Å². The fourth-order valence-corrected chi connectivity index (χ4v) is 1.95. The van der Waals surface area contributed by atoms with Gasteiger partial charge in [0, 0.05) is 20.6 Å². The molecule has 0 aromatic rings. The number of sulfonamides is 1. The molecule has 0 heterocycles. The Morgan fingerprint density at radius 1 is 1.29 bits per heavy atom. The molecular formula is C10H23N3O3S. The first-order chi connectivity index (χ1) is 7.69. The lowest BCUT2D eigenvalue weighted by atomic mass is 9.93. The number of amides is 1. The molecule has 0 rings (SSSR count). The molecule has 0 aliphatic rings. The minimum absolute atomic E-state index is 0.0816. The van der Waals surface area contributed by atoms with Gasteiger partial charge in [-0.15, -0.1) is 0 Å². The van der Waals surface area contributed by atoms with Gasteiger partial charge in [-0.2, -0.15) is 0 Å². The first-order valence-electron chi connectivity index (χ1n) is 5.67. The van der Waals surface area contributed by atoms with E-state index in [0.717, 1.165) is 4.31 Å². The van der Waals surface area contributed by atoms with E-state index in [0.29, 0.717) is 12.8 Å². The highest BCUT2D eigenvalue weighted by molar-refractivity contribution is 7.89. The summed E-state index contributed by atoms with van der Waals surface area (Å²) in [6, 6.07) is 0. The van der Waals surface area contributed by atoms with E-state index in [1.165, 1.54) is 14.1 Å². The van der Waals surface area contributed by atoms with Crippen LogP contribution in [0.2, 0.25) is 0 Å². The third-order valence-corrected chi connectivity index (χ3v) is 4.75. The Balaban J connectivity index is 4.29. The maximum absolute atomic E-state index is 11.7. The van der Waals surface area contributed by atoms with E-state index in [-0.39, 0.29) is 18.2 Å². The molecule has 0 unspecified atom stereocenters. The van der Waals surface area contributed by atoms with Gasteiger partial charge in [0.2, 0.25) is 15.9 Å². The molecule has 0 aliphatic heterocycles. The quantitative estimate of drug-likeness (QED) is 0.650. The Morgan fingerprint density at radius 2 is 1.76 bits per heavy atom. The Bertz CT molecular complexity index is 348. The number of hydrogen-bond acceptors (Lipinski definition) is 4. The van der Waals surface area contributed by atoms with Gasteiger partial charge in [0.1, 0.15) is 0 Å². The molecule has 7 heteroatoms. The van der Waals surface area contributed by atoms with Crippen molar-refractivity contribution in [1.82, 2.24) is 9.62 Å². The molecule has 3 N–H and O–H groups in total. The minimum Gasteiger partial charge on any atom is -0.353 e. The fourth-order valence-electron chi connectivity index (χ4n) is 1.22. The number of carbonyl (C=O) groups is 1. The molecule has 102 valence electrons. The van der Waals surface area contributed by atoms with Gasteiger partial charge in [-0.3, -0.25) is 4.79 Å². The molecule has 1 amide bonds. The van der Waals surface area contributed by atoms with Crippen LogP contribution in [0.25, 0.3) is 0 Å². The summed E-state index contributed by atoms with van der Waals surface area (Å²) in [4.78, 5) is 11.7. The van der Waals surface area contributed by atoms with Crippen LogP contribution in [0.5, 0.6) is 0 Å². The molecular weight excluding hydrogens is 242 g/mol. The molecule has 0 saturated heterocycles. The number of nitrogens with two attached hydrogens (primary N) is 1. The third kappa shape index (κ3) is 4.61. The summed E-state index contributed by atoms with van der Waals surface area (Å²) in [5, 5.41) is 2.57. The largest absolute Gasteiger partial charge is 0.353 e. The SMILES string of the molecule is CCC(N)(CC)C(=O)NCCS(=O)(=O)N(C)C. The average Bonchev–Trinajstić information content (AvgIpc) is 2.27. The van der Waals surface area contributed by atoms with Crippen molar-refractivity contribution in [2.24, 2.45) is 5.73 Å². The molecule has 0 aliphatic carbocycles. The smallest absolute Gasteiger partial charge is 0.240 e. The molecule has 17 heavy (non-hydrogen) atoms. The van der Waals surface area contributed by atoms with Gasteiger partial charge in [0.15, 0.2) is 0 Å². The molecule has 0 atom stereocenters. The van der Waals surface area contributed by atoms with E-state index in [9.17, 15) is 13.2 Å². The molecule has 6 nitrogen and oxygen atoms in total. The summed E-state index contributed by atoms with van der Waals surface area (Å²) in [7, 11) is -0.353. The van der Waals surface area contributed by atoms with E-state index in [1.807, 2.05) is 13.8 Å². The molecule has 0 spiro atoms. The highest BCUT2D eigenvalue weighted by Crippen LogP contribution is 2.10. The zero-order valence-corrected chi connectivity index (χ0v) is 11.8. The van der Waals surface area contributed by atoms with Crippen LogP contribution in [0.1, 0.15) is 26.7 Å². The first kappa shape index (κ1) is 16.3. The zero-order chi connectivity index (χ0) is 13.7. The summed E-state index contributed by atoms with van der Waals surface area (Å²) in [5.41, 5.74) is 4.98. The average molecular weight is 265 g/mol. The van der Waals surface area contributed by atoms with Crippen molar-refractivity contribution >= 4 is 15.9 Å². The van der Waals surface area contributed by atoms with E-state index in [2.05, 4.69) is 5.32 Å². The van der Waals surface area contributed by atoms with Crippen molar-refractivity contribution in [1.29, 1.82) is 0 Å². The Hall–Kier alpha value is -0.660. The van der Waals surface area contributed by atoms with Crippen molar-refractivity contribution in [3.05, 3.63) is 0 Å². The second kappa shape index (κ2) is 6.32. The lowest BCUT2D eigenvalue weighted by molar-refractivity contribution is -0.126. The van der Waals surface area contributed by atoms with Crippen molar-refractivity contribution in [3.63, 3.8) is 0 Å². The van der Waals surface area contributed by atoms with Crippen molar-refractivity contribution in [2.45, 2.75) is 32.2 Å². The highest BCUT2D eigenvalue weighted by atomic mass is 32.2. The number of nitrogens with zero attached hydrogens (tertiary/aromatic N) is 1. The van der Waals surface area contributed by atoms with Crippen LogP contribution in [0, 0.1) is 0 Å². The van der Waals surface area contributed by atoms with Crippen LogP contribution >= 0.6 is 0 Å². The Labute approximate surface area is 104 Å². The van der Waals surface area contributed by atoms with E-state index < -0.39 is 15.6 Å². The van der Waals surface area contributed by atoms with Crippen LogP contribution in [0.15, 0.2) is 0 Å². The highest BCUT2D eigenvalue weighted by Gasteiger charge is 2.29. The number of nitrogens with one attached hydrogen (secondary N) is 1.